The fraction of sp³-hybridized carbons (Fsp3) is 0.667. The molecule has 1 aromatic heterocycles. The van der Waals surface area contributed by atoms with Crippen LogP contribution in [0.1, 0.15) is 30.6 Å². The second kappa shape index (κ2) is 7.09. The lowest BCUT2D eigenvalue weighted by Gasteiger charge is -2.17. The SMILES string of the molecule is c1csc(CN=C(NCCN2CCCC2)NC2CC2)c1. The highest BCUT2D eigenvalue weighted by molar-refractivity contribution is 7.09. The van der Waals surface area contributed by atoms with Crippen LogP contribution in [-0.4, -0.2) is 43.1 Å². The van der Waals surface area contributed by atoms with E-state index in [2.05, 4.69) is 33.0 Å². The Balaban J connectivity index is 1.45. The van der Waals surface area contributed by atoms with E-state index in [4.69, 9.17) is 4.99 Å². The van der Waals surface area contributed by atoms with E-state index < -0.39 is 0 Å². The van der Waals surface area contributed by atoms with Gasteiger partial charge in [-0.15, -0.1) is 11.3 Å². The Bertz CT molecular complexity index is 419. The van der Waals surface area contributed by atoms with Crippen molar-refractivity contribution in [2.75, 3.05) is 26.2 Å². The summed E-state index contributed by atoms with van der Waals surface area (Å²) in [5, 5.41) is 9.10. The minimum Gasteiger partial charge on any atom is -0.355 e. The summed E-state index contributed by atoms with van der Waals surface area (Å²) < 4.78 is 0. The number of nitrogens with one attached hydrogen (secondary N) is 2. The Labute approximate surface area is 125 Å². The number of aliphatic imine (C=N–C) groups is 1. The number of rotatable bonds is 6. The van der Waals surface area contributed by atoms with E-state index in [1.165, 1.54) is 43.6 Å². The van der Waals surface area contributed by atoms with Crippen LogP contribution in [0.15, 0.2) is 22.5 Å². The molecular weight excluding hydrogens is 268 g/mol. The zero-order valence-electron chi connectivity index (χ0n) is 12.0. The third-order valence-corrected chi connectivity index (χ3v) is 4.67. The molecule has 4 nitrogen and oxygen atoms in total. The number of guanidine groups is 1. The van der Waals surface area contributed by atoms with Crippen LogP contribution < -0.4 is 10.6 Å². The lowest BCUT2D eigenvalue weighted by Crippen LogP contribution is -2.42. The van der Waals surface area contributed by atoms with E-state index in [1.54, 1.807) is 11.3 Å². The molecule has 3 rings (SSSR count). The quantitative estimate of drug-likeness (QED) is 0.622. The number of hydrogen-bond acceptors (Lipinski definition) is 3. The van der Waals surface area contributed by atoms with Crippen LogP contribution in [-0.2, 0) is 6.54 Å². The van der Waals surface area contributed by atoms with Gasteiger partial charge < -0.3 is 15.5 Å². The standard InChI is InChI=1S/C15H24N4S/c1-2-9-19(8-1)10-7-16-15(18-13-5-6-13)17-12-14-4-3-11-20-14/h3-4,11,13H,1-2,5-10,12H2,(H2,16,17,18). The van der Waals surface area contributed by atoms with Gasteiger partial charge in [-0.1, -0.05) is 6.07 Å². The molecule has 1 aliphatic heterocycles. The van der Waals surface area contributed by atoms with E-state index >= 15 is 0 Å². The Hall–Kier alpha value is -1.07. The van der Waals surface area contributed by atoms with E-state index in [0.717, 1.165) is 25.6 Å². The maximum absolute atomic E-state index is 4.70. The first-order valence-electron chi connectivity index (χ1n) is 7.70. The van der Waals surface area contributed by atoms with Gasteiger partial charge in [0, 0.05) is 24.0 Å². The molecule has 0 atom stereocenters. The van der Waals surface area contributed by atoms with Gasteiger partial charge in [0.25, 0.3) is 0 Å². The van der Waals surface area contributed by atoms with Crippen LogP contribution in [0, 0.1) is 0 Å². The fourth-order valence-electron chi connectivity index (χ4n) is 2.47. The first-order chi connectivity index (χ1) is 9.90. The Kier molecular flexibility index (Phi) is 4.92. The van der Waals surface area contributed by atoms with Gasteiger partial charge in [0.1, 0.15) is 0 Å². The monoisotopic (exact) mass is 292 g/mol. The van der Waals surface area contributed by atoms with E-state index in [9.17, 15) is 0 Å². The summed E-state index contributed by atoms with van der Waals surface area (Å²) in [5.74, 6) is 0.986. The fourth-order valence-corrected chi connectivity index (χ4v) is 3.10. The van der Waals surface area contributed by atoms with Crippen molar-refractivity contribution in [1.82, 2.24) is 15.5 Å². The van der Waals surface area contributed by atoms with Gasteiger partial charge in [0.2, 0.25) is 0 Å². The second-order valence-electron chi connectivity index (χ2n) is 5.64. The zero-order valence-corrected chi connectivity index (χ0v) is 12.8. The molecule has 2 fully saturated rings. The van der Waals surface area contributed by atoms with Gasteiger partial charge in [-0.2, -0.15) is 0 Å². The minimum atomic E-state index is 0.649. The third-order valence-electron chi connectivity index (χ3n) is 3.81. The summed E-state index contributed by atoms with van der Waals surface area (Å²) in [6.45, 7) is 5.43. The number of nitrogens with zero attached hydrogens (tertiary/aromatic N) is 2. The number of thiophene rings is 1. The topological polar surface area (TPSA) is 39.7 Å². The maximum atomic E-state index is 4.70. The van der Waals surface area contributed by atoms with Gasteiger partial charge >= 0.3 is 0 Å². The van der Waals surface area contributed by atoms with Crippen molar-refractivity contribution >= 4 is 17.3 Å². The van der Waals surface area contributed by atoms with Crippen LogP contribution in [0.2, 0.25) is 0 Å². The lowest BCUT2D eigenvalue weighted by atomic mass is 10.4. The van der Waals surface area contributed by atoms with Crippen LogP contribution in [0.25, 0.3) is 0 Å². The van der Waals surface area contributed by atoms with Crippen LogP contribution >= 0.6 is 11.3 Å². The first-order valence-corrected chi connectivity index (χ1v) is 8.58. The molecule has 0 aromatic carbocycles. The number of hydrogen-bond donors (Lipinski definition) is 2. The molecule has 20 heavy (non-hydrogen) atoms. The van der Waals surface area contributed by atoms with E-state index in [-0.39, 0.29) is 0 Å². The van der Waals surface area contributed by atoms with Crippen molar-refractivity contribution in [1.29, 1.82) is 0 Å². The van der Waals surface area contributed by atoms with Gasteiger partial charge in [0.15, 0.2) is 5.96 Å². The molecule has 0 spiro atoms. The number of likely N-dealkylation sites (tertiary alicyclic amines) is 1. The third kappa shape index (κ3) is 4.49. The van der Waals surface area contributed by atoms with Crippen LogP contribution in [0.4, 0.5) is 0 Å². The molecule has 1 saturated carbocycles. The molecule has 1 aliphatic carbocycles. The Morgan fingerprint density at radius 1 is 1.35 bits per heavy atom. The minimum absolute atomic E-state index is 0.649. The summed E-state index contributed by atoms with van der Waals surface area (Å²) in [6, 6.07) is 4.88. The highest BCUT2D eigenvalue weighted by Gasteiger charge is 2.22. The van der Waals surface area contributed by atoms with Crippen LogP contribution in [0.5, 0.6) is 0 Å². The maximum Gasteiger partial charge on any atom is 0.191 e. The predicted molar refractivity (Wildman–Crippen MR) is 85.3 cm³/mol. The van der Waals surface area contributed by atoms with Crippen molar-refractivity contribution in [2.24, 2.45) is 4.99 Å². The molecule has 2 N–H and O–H groups in total. The molecule has 1 saturated heterocycles. The zero-order chi connectivity index (χ0) is 13.6. The highest BCUT2D eigenvalue weighted by atomic mass is 32.1. The molecule has 0 amide bonds. The van der Waals surface area contributed by atoms with E-state index in [0.29, 0.717) is 6.04 Å². The largest absolute Gasteiger partial charge is 0.355 e. The van der Waals surface area contributed by atoms with Gasteiger partial charge in [-0.05, 0) is 50.2 Å². The summed E-state index contributed by atoms with van der Waals surface area (Å²) >= 11 is 1.77. The van der Waals surface area contributed by atoms with Crippen LogP contribution in [0.3, 0.4) is 0 Å². The van der Waals surface area contributed by atoms with Gasteiger partial charge in [-0.3, -0.25) is 0 Å². The van der Waals surface area contributed by atoms with E-state index in [1.807, 2.05) is 0 Å². The molecule has 1 aromatic rings. The molecule has 2 heterocycles. The molecule has 5 heteroatoms. The second-order valence-corrected chi connectivity index (χ2v) is 6.67. The lowest BCUT2D eigenvalue weighted by molar-refractivity contribution is 0.343. The average Bonchev–Trinajstić information content (AvgIpc) is 2.96. The smallest absolute Gasteiger partial charge is 0.191 e. The van der Waals surface area contributed by atoms with Crippen molar-refractivity contribution in [2.45, 2.75) is 38.3 Å². The predicted octanol–water partition coefficient (Wildman–Crippen LogP) is 2.04. The summed E-state index contributed by atoms with van der Waals surface area (Å²) in [4.78, 5) is 8.55. The average molecular weight is 292 g/mol. The molecule has 0 unspecified atom stereocenters. The van der Waals surface area contributed by atoms with Crippen molar-refractivity contribution in [3.05, 3.63) is 22.4 Å². The highest BCUT2D eigenvalue weighted by Crippen LogP contribution is 2.18. The molecule has 110 valence electrons. The van der Waals surface area contributed by atoms with Gasteiger partial charge in [0.05, 0.1) is 6.54 Å². The Morgan fingerprint density at radius 3 is 2.90 bits per heavy atom. The summed E-state index contributed by atoms with van der Waals surface area (Å²) in [7, 11) is 0. The molecular formula is C15H24N4S. The van der Waals surface area contributed by atoms with Crippen molar-refractivity contribution < 1.29 is 0 Å². The molecule has 0 radical (unpaired) electrons. The van der Waals surface area contributed by atoms with Crippen molar-refractivity contribution in [3.63, 3.8) is 0 Å². The first kappa shape index (κ1) is 13.9. The summed E-state index contributed by atoms with van der Waals surface area (Å²) in [5.41, 5.74) is 0. The molecule has 0 bridgehead atoms. The van der Waals surface area contributed by atoms with Gasteiger partial charge in [-0.25, -0.2) is 4.99 Å². The molecule has 2 aliphatic rings. The van der Waals surface area contributed by atoms with Crippen molar-refractivity contribution in [3.8, 4) is 0 Å². The normalized spacial score (nSPS) is 20.3. The Morgan fingerprint density at radius 2 is 2.20 bits per heavy atom. The summed E-state index contributed by atoms with van der Waals surface area (Å²) in [6.07, 6.45) is 5.29.